The van der Waals surface area contributed by atoms with Gasteiger partial charge in [0.2, 0.25) is 0 Å². The molecule has 0 N–H and O–H groups in total. The number of benzene rings is 1. The monoisotopic (exact) mass is 266 g/mol. The highest BCUT2D eigenvalue weighted by Crippen LogP contribution is 2.20. The lowest BCUT2D eigenvalue weighted by Gasteiger charge is -2.07. The van der Waals surface area contributed by atoms with Gasteiger partial charge in [-0.15, -0.1) is 10.2 Å². The van der Waals surface area contributed by atoms with Crippen LogP contribution in [0.4, 0.5) is 0 Å². The maximum atomic E-state index is 11.6. The molecular weight excluding hydrogens is 256 g/mol. The minimum atomic E-state index is -0.916. The van der Waals surface area contributed by atoms with Gasteiger partial charge in [0.05, 0.1) is 5.69 Å². The Bertz CT molecular complexity index is 487. The molecule has 0 aliphatic heterocycles. The molecule has 1 aromatic heterocycles. The van der Waals surface area contributed by atoms with Gasteiger partial charge in [0.1, 0.15) is 5.75 Å². The molecule has 88 valence electrons. The van der Waals surface area contributed by atoms with Crippen LogP contribution in [0.25, 0.3) is 11.3 Å². The molecule has 1 atom stereocenters. The molecule has 1 aromatic carbocycles. The highest BCUT2D eigenvalue weighted by Gasteiger charge is 2.08. The lowest BCUT2D eigenvalue weighted by molar-refractivity contribution is 0.596. The van der Waals surface area contributed by atoms with Gasteiger partial charge < -0.3 is 4.55 Å². The molecule has 0 saturated carbocycles. The van der Waals surface area contributed by atoms with Crippen molar-refractivity contribution >= 4 is 22.8 Å². The smallest absolute Gasteiger partial charge is 0.152 e. The molecule has 0 fully saturated rings. The first-order valence-electron chi connectivity index (χ1n) is 5.18. The van der Waals surface area contributed by atoms with Crippen molar-refractivity contribution in [1.82, 2.24) is 10.2 Å². The van der Waals surface area contributed by atoms with Gasteiger partial charge >= 0.3 is 0 Å². The average molecular weight is 267 g/mol. The van der Waals surface area contributed by atoms with Crippen LogP contribution in [0.5, 0.6) is 0 Å². The fraction of sp³-hybridized carbons (Fsp3) is 0.167. The SMILES string of the molecule is CC[S+]([O-])c1ccc(-c2ccc(Cl)nn2)cc1. The third-order valence-corrected chi connectivity index (χ3v) is 3.83. The average Bonchev–Trinajstić information content (AvgIpc) is 2.39. The lowest BCUT2D eigenvalue weighted by atomic mass is 10.1. The number of rotatable bonds is 3. The number of nitrogens with zero attached hydrogens (tertiary/aromatic N) is 2. The molecule has 0 saturated heterocycles. The van der Waals surface area contributed by atoms with Gasteiger partial charge in [0.25, 0.3) is 0 Å². The molecule has 17 heavy (non-hydrogen) atoms. The molecule has 3 nitrogen and oxygen atoms in total. The minimum absolute atomic E-state index is 0.373. The van der Waals surface area contributed by atoms with E-state index in [-0.39, 0.29) is 0 Å². The summed E-state index contributed by atoms with van der Waals surface area (Å²) in [7, 11) is 0. The van der Waals surface area contributed by atoms with E-state index in [1.165, 1.54) is 0 Å². The van der Waals surface area contributed by atoms with Gasteiger partial charge in [-0.2, -0.15) is 0 Å². The standard InChI is InChI=1S/C12H11ClN2OS/c1-2-17(16)10-5-3-9(4-6-10)11-7-8-12(13)15-14-11/h3-8H,2H2,1H3. The van der Waals surface area contributed by atoms with E-state index >= 15 is 0 Å². The van der Waals surface area contributed by atoms with Crippen LogP contribution in [0.3, 0.4) is 0 Å². The highest BCUT2D eigenvalue weighted by atomic mass is 35.5. The zero-order chi connectivity index (χ0) is 12.3. The van der Waals surface area contributed by atoms with Crippen LogP contribution in [0.15, 0.2) is 41.3 Å². The predicted molar refractivity (Wildman–Crippen MR) is 69.4 cm³/mol. The van der Waals surface area contributed by atoms with E-state index in [1.54, 1.807) is 12.1 Å². The number of hydrogen-bond acceptors (Lipinski definition) is 3. The van der Waals surface area contributed by atoms with Crippen molar-refractivity contribution in [3.63, 3.8) is 0 Å². The summed E-state index contributed by atoms with van der Waals surface area (Å²) in [6.45, 7) is 1.90. The first-order valence-corrected chi connectivity index (χ1v) is 6.88. The summed E-state index contributed by atoms with van der Waals surface area (Å²) < 4.78 is 11.6. The summed E-state index contributed by atoms with van der Waals surface area (Å²) >= 11 is 4.76. The number of halogens is 1. The molecule has 2 aromatic rings. The van der Waals surface area contributed by atoms with Crippen molar-refractivity contribution < 1.29 is 4.55 Å². The van der Waals surface area contributed by atoms with E-state index in [2.05, 4.69) is 10.2 Å². The Balaban J connectivity index is 2.26. The summed E-state index contributed by atoms with van der Waals surface area (Å²) in [5, 5.41) is 8.14. The van der Waals surface area contributed by atoms with Gasteiger partial charge in [-0.3, -0.25) is 0 Å². The Hall–Kier alpha value is -1.10. The van der Waals surface area contributed by atoms with Crippen molar-refractivity contribution in [3.8, 4) is 11.3 Å². The number of hydrogen-bond donors (Lipinski definition) is 0. The molecule has 0 bridgehead atoms. The van der Waals surface area contributed by atoms with Gasteiger partial charge in [-0.1, -0.05) is 11.6 Å². The molecule has 2 rings (SSSR count). The van der Waals surface area contributed by atoms with Crippen molar-refractivity contribution in [1.29, 1.82) is 0 Å². The first kappa shape index (κ1) is 12.4. The van der Waals surface area contributed by atoms with Crippen molar-refractivity contribution in [2.75, 3.05) is 5.75 Å². The van der Waals surface area contributed by atoms with Gasteiger partial charge in [-0.25, -0.2) is 0 Å². The molecule has 1 unspecified atom stereocenters. The second-order valence-electron chi connectivity index (χ2n) is 3.40. The molecule has 1 heterocycles. The van der Waals surface area contributed by atoms with Crippen molar-refractivity contribution in [3.05, 3.63) is 41.6 Å². The van der Waals surface area contributed by atoms with Crippen LogP contribution in [0, 0.1) is 0 Å². The van der Waals surface area contributed by atoms with E-state index in [4.69, 9.17) is 11.6 Å². The van der Waals surface area contributed by atoms with E-state index in [1.807, 2.05) is 31.2 Å². The molecule has 0 aliphatic carbocycles. The van der Waals surface area contributed by atoms with E-state index in [0.29, 0.717) is 10.9 Å². The minimum Gasteiger partial charge on any atom is -0.611 e. The topological polar surface area (TPSA) is 48.8 Å². The maximum Gasteiger partial charge on any atom is 0.152 e. The van der Waals surface area contributed by atoms with Gasteiger partial charge in [0, 0.05) is 5.56 Å². The van der Waals surface area contributed by atoms with E-state index < -0.39 is 11.2 Å². The van der Waals surface area contributed by atoms with Crippen molar-refractivity contribution in [2.24, 2.45) is 0 Å². The third kappa shape index (κ3) is 2.97. The zero-order valence-electron chi connectivity index (χ0n) is 9.26. The fourth-order valence-corrected chi connectivity index (χ4v) is 2.29. The zero-order valence-corrected chi connectivity index (χ0v) is 10.8. The second kappa shape index (κ2) is 5.49. The molecule has 0 aliphatic rings. The maximum absolute atomic E-state index is 11.6. The van der Waals surface area contributed by atoms with Crippen LogP contribution in [-0.4, -0.2) is 20.5 Å². The Morgan fingerprint density at radius 3 is 2.35 bits per heavy atom. The van der Waals surface area contributed by atoms with E-state index in [9.17, 15) is 4.55 Å². The van der Waals surface area contributed by atoms with Crippen LogP contribution < -0.4 is 0 Å². The summed E-state index contributed by atoms with van der Waals surface area (Å²) in [4.78, 5) is 0.832. The molecular formula is C12H11ClN2OS. The molecule has 5 heteroatoms. The second-order valence-corrected chi connectivity index (χ2v) is 5.53. The van der Waals surface area contributed by atoms with Gasteiger partial charge in [-0.05, 0) is 54.5 Å². The Morgan fingerprint density at radius 1 is 1.12 bits per heavy atom. The lowest BCUT2D eigenvalue weighted by Crippen LogP contribution is -2.03. The van der Waals surface area contributed by atoms with Crippen LogP contribution in [0.2, 0.25) is 5.15 Å². The summed E-state index contributed by atoms with van der Waals surface area (Å²) in [6, 6.07) is 11.0. The summed E-state index contributed by atoms with van der Waals surface area (Å²) in [5.41, 5.74) is 1.69. The third-order valence-electron chi connectivity index (χ3n) is 2.31. The molecule has 0 amide bonds. The van der Waals surface area contributed by atoms with E-state index in [0.717, 1.165) is 16.2 Å². The van der Waals surface area contributed by atoms with Crippen LogP contribution in [0.1, 0.15) is 6.92 Å². The summed E-state index contributed by atoms with van der Waals surface area (Å²) in [5.74, 6) is 0.625. The molecule has 0 radical (unpaired) electrons. The van der Waals surface area contributed by atoms with Crippen LogP contribution >= 0.6 is 11.6 Å². The normalized spacial score (nSPS) is 12.4. The summed E-state index contributed by atoms with van der Waals surface area (Å²) in [6.07, 6.45) is 0. The highest BCUT2D eigenvalue weighted by molar-refractivity contribution is 7.91. The van der Waals surface area contributed by atoms with Gasteiger partial charge in [0.15, 0.2) is 10.0 Å². The quantitative estimate of drug-likeness (QED) is 0.803. The predicted octanol–water partition coefficient (Wildman–Crippen LogP) is 2.92. The Kier molecular flexibility index (Phi) is 3.99. The largest absolute Gasteiger partial charge is 0.611 e. The first-order chi connectivity index (χ1) is 8.20. The Morgan fingerprint density at radius 2 is 1.82 bits per heavy atom. The Labute approximate surface area is 108 Å². The van der Waals surface area contributed by atoms with Crippen LogP contribution in [-0.2, 0) is 11.2 Å². The fourth-order valence-electron chi connectivity index (χ4n) is 1.41. The molecule has 0 spiro atoms. The number of aromatic nitrogens is 2. The van der Waals surface area contributed by atoms with Crippen molar-refractivity contribution in [2.45, 2.75) is 11.8 Å².